The first-order chi connectivity index (χ1) is 9.19. The zero-order valence-corrected chi connectivity index (χ0v) is 12.0. The van der Waals surface area contributed by atoms with Crippen molar-refractivity contribution in [2.24, 2.45) is 5.92 Å². The van der Waals surface area contributed by atoms with Crippen molar-refractivity contribution in [1.29, 1.82) is 0 Å². The molecule has 3 nitrogen and oxygen atoms in total. The predicted molar refractivity (Wildman–Crippen MR) is 77.5 cm³/mol. The molecule has 2 atom stereocenters. The molecule has 1 aliphatic rings. The minimum atomic E-state index is 0.179. The summed E-state index contributed by atoms with van der Waals surface area (Å²) < 4.78 is 6.01. The number of aryl methyl sites for hydroxylation is 1. The van der Waals surface area contributed by atoms with Gasteiger partial charge in [0, 0.05) is 19.7 Å². The van der Waals surface area contributed by atoms with Crippen LogP contribution < -0.4 is 4.74 Å². The molecule has 1 aromatic carbocycles. The molecule has 1 aromatic rings. The summed E-state index contributed by atoms with van der Waals surface area (Å²) in [4.78, 5) is 2.41. The average Bonchev–Trinajstić information content (AvgIpc) is 2.41. The van der Waals surface area contributed by atoms with Crippen molar-refractivity contribution < 1.29 is 9.84 Å². The van der Waals surface area contributed by atoms with Crippen LogP contribution in [0, 0.1) is 12.8 Å². The normalized spacial score (nSPS) is 22.2. The van der Waals surface area contributed by atoms with Crippen LogP contribution in [0.25, 0.3) is 0 Å². The van der Waals surface area contributed by atoms with Gasteiger partial charge in [0.15, 0.2) is 0 Å². The molecule has 0 radical (unpaired) electrons. The molecule has 2 unspecified atom stereocenters. The minimum absolute atomic E-state index is 0.179. The van der Waals surface area contributed by atoms with E-state index in [9.17, 15) is 5.11 Å². The summed E-state index contributed by atoms with van der Waals surface area (Å²) in [6, 6.07) is 8.14. The maximum Gasteiger partial charge on any atom is 0.122 e. The van der Waals surface area contributed by atoms with Crippen LogP contribution in [0.1, 0.15) is 25.3 Å². The number of likely N-dealkylation sites (tertiary alicyclic amines) is 1. The quantitative estimate of drug-likeness (QED) is 0.886. The Kier molecular flexibility index (Phi) is 5.23. The third kappa shape index (κ3) is 4.22. The minimum Gasteiger partial charge on any atom is -0.489 e. The number of aliphatic hydroxyl groups is 1. The Labute approximate surface area is 116 Å². The number of hydrogen-bond acceptors (Lipinski definition) is 3. The van der Waals surface area contributed by atoms with Gasteiger partial charge in [0.1, 0.15) is 11.9 Å². The maximum absolute atomic E-state index is 9.26. The standard InChI is InChI=1S/C16H25NO2/c1-13-6-3-4-8-16(13)19-14(2)10-17-9-5-7-15(11-17)12-18/h3-4,6,8,14-15,18H,5,7,9-12H2,1-2H3. The van der Waals surface area contributed by atoms with E-state index in [-0.39, 0.29) is 6.10 Å². The third-order valence-electron chi connectivity index (χ3n) is 3.80. The Balaban J connectivity index is 1.84. The molecule has 1 aliphatic heterocycles. The number of hydrogen-bond donors (Lipinski definition) is 1. The van der Waals surface area contributed by atoms with E-state index < -0.39 is 0 Å². The fourth-order valence-corrected chi connectivity index (χ4v) is 2.77. The highest BCUT2D eigenvalue weighted by Crippen LogP contribution is 2.20. The first kappa shape index (κ1) is 14.4. The zero-order valence-electron chi connectivity index (χ0n) is 12.0. The van der Waals surface area contributed by atoms with Gasteiger partial charge in [0.05, 0.1) is 0 Å². The van der Waals surface area contributed by atoms with E-state index in [1.54, 1.807) is 0 Å². The lowest BCUT2D eigenvalue weighted by molar-refractivity contribution is 0.0841. The average molecular weight is 263 g/mol. The number of rotatable bonds is 5. The van der Waals surface area contributed by atoms with Gasteiger partial charge in [-0.1, -0.05) is 18.2 Å². The van der Waals surface area contributed by atoms with E-state index in [0.717, 1.165) is 31.8 Å². The van der Waals surface area contributed by atoms with Crippen LogP contribution in [0.4, 0.5) is 0 Å². The van der Waals surface area contributed by atoms with Crippen LogP contribution >= 0.6 is 0 Å². The highest BCUT2D eigenvalue weighted by atomic mass is 16.5. The van der Waals surface area contributed by atoms with Crippen molar-refractivity contribution in [3.8, 4) is 5.75 Å². The summed E-state index contributed by atoms with van der Waals surface area (Å²) in [6.07, 6.45) is 2.51. The first-order valence-corrected chi connectivity index (χ1v) is 7.24. The van der Waals surface area contributed by atoms with Gasteiger partial charge in [-0.05, 0) is 50.8 Å². The number of benzene rings is 1. The van der Waals surface area contributed by atoms with Gasteiger partial charge < -0.3 is 9.84 Å². The lowest BCUT2D eigenvalue weighted by Gasteiger charge is -2.33. The predicted octanol–water partition coefficient (Wildman–Crippen LogP) is 2.47. The van der Waals surface area contributed by atoms with Crippen LogP contribution in [0.3, 0.4) is 0 Å². The number of piperidine rings is 1. The number of para-hydroxylation sites is 1. The molecule has 0 saturated carbocycles. The fourth-order valence-electron chi connectivity index (χ4n) is 2.77. The summed E-state index contributed by atoms with van der Waals surface area (Å²) in [7, 11) is 0. The lowest BCUT2D eigenvalue weighted by atomic mass is 9.99. The Hall–Kier alpha value is -1.06. The number of nitrogens with zero attached hydrogens (tertiary/aromatic N) is 1. The molecule has 0 aliphatic carbocycles. The Morgan fingerprint density at radius 1 is 1.42 bits per heavy atom. The molecule has 1 N–H and O–H groups in total. The van der Waals surface area contributed by atoms with E-state index >= 15 is 0 Å². The highest BCUT2D eigenvalue weighted by Gasteiger charge is 2.21. The second-order valence-corrected chi connectivity index (χ2v) is 5.64. The molecule has 2 rings (SSSR count). The van der Waals surface area contributed by atoms with Gasteiger partial charge in [-0.15, -0.1) is 0 Å². The molecule has 1 heterocycles. The molecule has 106 valence electrons. The van der Waals surface area contributed by atoms with E-state index in [2.05, 4.69) is 24.8 Å². The Bertz CT molecular complexity index is 394. The molecule has 19 heavy (non-hydrogen) atoms. The monoisotopic (exact) mass is 263 g/mol. The maximum atomic E-state index is 9.26. The summed E-state index contributed by atoms with van der Waals surface area (Å²) in [5.41, 5.74) is 1.18. The Morgan fingerprint density at radius 3 is 2.95 bits per heavy atom. The van der Waals surface area contributed by atoms with Gasteiger partial charge in [0.2, 0.25) is 0 Å². The molecule has 0 bridgehead atoms. The molecule has 0 aromatic heterocycles. The summed E-state index contributed by atoms with van der Waals surface area (Å²) in [5.74, 6) is 1.42. The topological polar surface area (TPSA) is 32.7 Å². The van der Waals surface area contributed by atoms with Gasteiger partial charge >= 0.3 is 0 Å². The van der Waals surface area contributed by atoms with Crippen LogP contribution in [0.5, 0.6) is 5.75 Å². The molecular weight excluding hydrogens is 238 g/mol. The van der Waals surface area contributed by atoms with Crippen LogP contribution in [0.2, 0.25) is 0 Å². The second-order valence-electron chi connectivity index (χ2n) is 5.64. The molecule has 1 fully saturated rings. The molecule has 0 spiro atoms. The van der Waals surface area contributed by atoms with E-state index in [1.165, 1.54) is 12.0 Å². The highest BCUT2D eigenvalue weighted by molar-refractivity contribution is 5.31. The second kappa shape index (κ2) is 6.92. The molecular formula is C16H25NO2. The van der Waals surface area contributed by atoms with Crippen LogP contribution in [-0.4, -0.2) is 42.4 Å². The molecule has 1 saturated heterocycles. The van der Waals surface area contributed by atoms with Gasteiger partial charge in [-0.25, -0.2) is 0 Å². The van der Waals surface area contributed by atoms with Crippen molar-refractivity contribution in [1.82, 2.24) is 4.90 Å². The summed E-state index contributed by atoms with van der Waals surface area (Å²) >= 11 is 0. The van der Waals surface area contributed by atoms with Crippen molar-refractivity contribution >= 4 is 0 Å². The SMILES string of the molecule is Cc1ccccc1OC(C)CN1CCCC(CO)C1. The number of aliphatic hydroxyl groups excluding tert-OH is 1. The summed E-state index contributed by atoms with van der Waals surface area (Å²) in [6.45, 7) is 7.56. The van der Waals surface area contributed by atoms with Crippen molar-refractivity contribution in [3.63, 3.8) is 0 Å². The summed E-state index contributed by atoms with van der Waals surface area (Å²) in [5, 5.41) is 9.26. The van der Waals surface area contributed by atoms with Crippen LogP contribution in [0.15, 0.2) is 24.3 Å². The van der Waals surface area contributed by atoms with Gasteiger partial charge in [-0.3, -0.25) is 4.90 Å². The van der Waals surface area contributed by atoms with Crippen molar-refractivity contribution in [2.75, 3.05) is 26.2 Å². The largest absolute Gasteiger partial charge is 0.489 e. The lowest BCUT2D eigenvalue weighted by Crippen LogP contribution is -2.41. The van der Waals surface area contributed by atoms with E-state index in [4.69, 9.17) is 4.74 Å². The van der Waals surface area contributed by atoms with Gasteiger partial charge in [0.25, 0.3) is 0 Å². The van der Waals surface area contributed by atoms with Crippen molar-refractivity contribution in [2.45, 2.75) is 32.8 Å². The smallest absolute Gasteiger partial charge is 0.122 e. The Morgan fingerprint density at radius 2 is 2.21 bits per heavy atom. The van der Waals surface area contributed by atoms with Crippen LogP contribution in [-0.2, 0) is 0 Å². The van der Waals surface area contributed by atoms with E-state index in [0.29, 0.717) is 12.5 Å². The van der Waals surface area contributed by atoms with E-state index in [1.807, 2.05) is 18.2 Å². The number of ether oxygens (including phenoxy) is 1. The zero-order chi connectivity index (χ0) is 13.7. The molecule has 0 amide bonds. The first-order valence-electron chi connectivity index (χ1n) is 7.24. The third-order valence-corrected chi connectivity index (χ3v) is 3.80. The molecule has 3 heteroatoms. The fraction of sp³-hybridized carbons (Fsp3) is 0.625. The van der Waals surface area contributed by atoms with Crippen molar-refractivity contribution in [3.05, 3.63) is 29.8 Å². The van der Waals surface area contributed by atoms with Gasteiger partial charge in [-0.2, -0.15) is 0 Å².